The Kier molecular flexibility index (Phi) is 4.26. The van der Waals surface area contributed by atoms with Crippen LogP contribution in [-0.4, -0.2) is 24.9 Å². The summed E-state index contributed by atoms with van der Waals surface area (Å²) in [6.45, 7) is 1.48. The van der Waals surface area contributed by atoms with Crippen molar-refractivity contribution < 1.29 is 9.59 Å². The summed E-state index contributed by atoms with van der Waals surface area (Å²) >= 11 is 0. The highest BCUT2D eigenvalue weighted by molar-refractivity contribution is 6.07. The van der Waals surface area contributed by atoms with Crippen molar-refractivity contribution in [3.63, 3.8) is 0 Å². The first-order chi connectivity index (χ1) is 12.2. The molecule has 4 heteroatoms. The van der Waals surface area contributed by atoms with Crippen LogP contribution in [0.1, 0.15) is 41.6 Å². The number of hydrogen-bond donors (Lipinski definition) is 0. The van der Waals surface area contributed by atoms with Crippen molar-refractivity contribution >= 4 is 23.2 Å². The van der Waals surface area contributed by atoms with Gasteiger partial charge < -0.3 is 9.80 Å². The van der Waals surface area contributed by atoms with Gasteiger partial charge in [-0.3, -0.25) is 9.59 Å². The van der Waals surface area contributed by atoms with Crippen LogP contribution in [0.2, 0.25) is 0 Å². The average molecular weight is 334 g/mol. The second-order valence-corrected chi connectivity index (χ2v) is 6.74. The van der Waals surface area contributed by atoms with Gasteiger partial charge in [0.25, 0.3) is 5.91 Å². The fraction of sp³-hybridized carbons (Fsp3) is 0.333. The molecule has 0 bridgehead atoms. The molecule has 0 aliphatic carbocycles. The third-order valence-electron chi connectivity index (χ3n) is 5.08. The topological polar surface area (TPSA) is 40.6 Å². The molecule has 0 atom stereocenters. The van der Waals surface area contributed by atoms with Crippen LogP contribution in [0.15, 0.2) is 48.5 Å². The van der Waals surface area contributed by atoms with E-state index in [9.17, 15) is 9.59 Å². The summed E-state index contributed by atoms with van der Waals surface area (Å²) in [6, 6.07) is 15.7. The molecular formula is C21H22N2O2. The molecular weight excluding hydrogens is 312 g/mol. The average Bonchev–Trinajstić information content (AvgIpc) is 2.96. The number of carbonyl (C=O) groups is 2. The summed E-state index contributed by atoms with van der Waals surface area (Å²) in [5.41, 5.74) is 3.73. The molecule has 0 unspecified atom stereocenters. The molecule has 2 heterocycles. The molecule has 0 radical (unpaired) electrons. The highest BCUT2D eigenvalue weighted by Gasteiger charge is 2.25. The minimum Gasteiger partial charge on any atom is -0.312 e. The van der Waals surface area contributed by atoms with Crippen LogP contribution in [-0.2, 0) is 11.2 Å². The van der Waals surface area contributed by atoms with Gasteiger partial charge >= 0.3 is 0 Å². The standard InChI is InChI=1S/C21H22N2O2/c24-20-12-6-14-22(20)18-10-5-9-17(15-18)21(25)23-13-4-3-8-16-7-1-2-11-19(16)23/h1-2,5,7,9-11,15H,3-4,6,8,12-14H2. The zero-order valence-corrected chi connectivity index (χ0v) is 14.3. The maximum absolute atomic E-state index is 13.2. The molecule has 1 saturated heterocycles. The maximum Gasteiger partial charge on any atom is 0.258 e. The van der Waals surface area contributed by atoms with Gasteiger partial charge in [-0.1, -0.05) is 24.3 Å². The Morgan fingerprint density at radius 3 is 2.60 bits per heavy atom. The molecule has 0 saturated carbocycles. The molecule has 0 N–H and O–H groups in total. The molecule has 25 heavy (non-hydrogen) atoms. The van der Waals surface area contributed by atoms with E-state index in [1.165, 1.54) is 5.56 Å². The molecule has 0 spiro atoms. The Morgan fingerprint density at radius 2 is 1.76 bits per heavy atom. The molecule has 4 rings (SSSR count). The van der Waals surface area contributed by atoms with Gasteiger partial charge in [0, 0.05) is 36.4 Å². The van der Waals surface area contributed by atoms with Crippen molar-refractivity contribution in [2.45, 2.75) is 32.1 Å². The molecule has 2 aliphatic heterocycles. The summed E-state index contributed by atoms with van der Waals surface area (Å²) in [4.78, 5) is 28.9. The number of anilines is 2. The number of nitrogens with zero attached hydrogens (tertiary/aromatic N) is 2. The van der Waals surface area contributed by atoms with Crippen molar-refractivity contribution in [3.8, 4) is 0 Å². The lowest BCUT2D eigenvalue weighted by Crippen LogP contribution is -2.32. The van der Waals surface area contributed by atoms with Crippen molar-refractivity contribution in [1.29, 1.82) is 0 Å². The van der Waals surface area contributed by atoms with E-state index in [0.717, 1.165) is 50.1 Å². The number of aryl methyl sites for hydroxylation is 1. The molecule has 128 valence electrons. The lowest BCUT2D eigenvalue weighted by atomic mass is 10.1. The molecule has 0 aromatic heterocycles. The largest absolute Gasteiger partial charge is 0.312 e. The number of para-hydroxylation sites is 1. The second kappa shape index (κ2) is 6.71. The molecule has 2 aromatic carbocycles. The molecule has 4 nitrogen and oxygen atoms in total. The van der Waals surface area contributed by atoms with Gasteiger partial charge in [-0.05, 0) is 55.5 Å². The lowest BCUT2D eigenvalue weighted by Gasteiger charge is -2.24. The van der Waals surface area contributed by atoms with Crippen LogP contribution in [0, 0.1) is 0 Å². The lowest BCUT2D eigenvalue weighted by molar-refractivity contribution is -0.117. The van der Waals surface area contributed by atoms with E-state index in [0.29, 0.717) is 12.0 Å². The van der Waals surface area contributed by atoms with Crippen LogP contribution in [0.25, 0.3) is 0 Å². The first-order valence-electron chi connectivity index (χ1n) is 9.04. The smallest absolute Gasteiger partial charge is 0.258 e. The first-order valence-corrected chi connectivity index (χ1v) is 9.04. The normalized spacial score (nSPS) is 17.4. The number of rotatable bonds is 2. The number of fused-ring (bicyclic) bond motifs is 1. The second-order valence-electron chi connectivity index (χ2n) is 6.74. The van der Waals surface area contributed by atoms with Crippen LogP contribution < -0.4 is 9.80 Å². The quantitative estimate of drug-likeness (QED) is 0.838. The Labute approximate surface area is 148 Å². The van der Waals surface area contributed by atoms with Crippen LogP contribution >= 0.6 is 0 Å². The summed E-state index contributed by atoms with van der Waals surface area (Å²) in [5, 5.41) is 0. The Morgan fingerprint density at radius 1 is 0.880 bits per heavy atom. The van der Waals surface area contributed by atoms with Crippen molar-refractivity contribution in [2.24, 2.45) is 0 Å². The number of amides is 2. The van der Waals surface area contributed by atoms with E-state index >= 15 is 0 Å². The van der Waals surface area contributed by atoms with Gasteiger partial charge in [-0.25, -0.2) is 0 Å². The third kappa shape index (κ3) is 3.04. The number of carbonyl (C=O) groups excluding carboxylic acids is 2. The van der Waals surface area contributed by atoms with Gasteiger partial charge in [0.1, 0.15) is 0 Å². The van der Waals surface area contributed by atoms with E-state index in [-0.39, 0.29) is 11.8 Å². The zero-order valence-electron chi connectivity index (χ0n) is 14.3. The first kappa shape index (κ1) is 15.9. The van der Waals surface area contributed by atoms with Gasteiger partial charge in [-0.15, -0.1) is 0 Å². The van der Waals surface area contributed by atoms with E-state index < -0.39 is 0 Å². The van der Waals surface area contributed by atoms with Gasteiger partial charge in [0.2, 0.25) is 5.91 Å². The fourth-order valence-corrected chi connectivity index (χ4v) is 3.79. The molecule has 2 aliphatic rings. The van der Waals surface area contributed by atoms with Crippen molar-refractivity contribution in [3.05, 3.63) is 59.7 Å². The van der Waals surface area contributed by atoms with Crippen molar-refractivity contribution in [1.82, 2.24) is 0 Å². The highest BCUT2D eigenvalue weighted by atomic mass is 16.2. The Bertz CT molecular complexity index is 815. The predicted octanol–water partition coefficient (Wildman–Crippen LogP) is 3.80. The summed E-state index contributed by atoms with van der Waals surface area (Å²) < 4.78 is 0. The molecule has 2 amide bonds. The van der Waals surface area contributed by atoms with Crippen LogP contribution in [0.3, 0.4) is 0 Å². The molecule has 1 fully saturated rings. The van der Waals surface area contributed by atoms with Gasteiger partial charge in [0.05, 0.1) is 0 Å². The van der Waals surface area contributed by atoms with Crippen molar-refractivity contribution in [2.75, 3.05) is 22.9 Å². The summed E-state index contributed by atoms with van der Waals surface area (Å²) in [7, 11) is 0. The fourth-order valence-electron chi connectivity index (χ4n) is 3.79. The highest BCUT2D eigenvalue weighted by Crippen LogP contribution is 2.29. The van der Waals surface area contributed by atoms with E-state index in [1.54, 1.807) is 4.90 Å². The summed E-state index contributed by atoms with van der Waals surface area (Å²) in [6.07, 6.45) is 4.60. The minimum atomic E-state index is 0.0165. The monoisotopic (exact) mass is 334 g/mol. The number of hydrogen-bond acceptors (Lipinski definition) is 2. The van der Waals surface area contributed by atoms with Gasteiger partial charge in [-0.2, -0.15) is 0 Å². The Balaban J connectivity index is 1.66. The summed E-state index contributed by atoms with van der Waals surface area (Å²) in [5.74, 6) is 0.160. The molecule has 2 aromatic rings. The van der Waals surface area contributed by atoms with Crippen LogP contribution in [0.5, 0.6) is 0 Å². The predicted molar refractivity (Wildman–Crippen MR) is 99.1 cm³/mol. The minimum absolute atomic E-state index is 0.0165. The van der Waals surface area contributed by atoms with Gasteiger partial charge in [0.15, 0.2) is 0 Å². The SMILES string of the molecule is O=C1CCCN1c1cccc(C(=O)N2CCCCc3ccccc32)c1. The van der Waals surface area contributed by atoms with E-state index in [1.807, 2.05) is 47.4 Å². The Hall–Kier alpha value is -2.62. The number of benzene rings is 2. The maximum atomic E-state index is 13.2. The third-order valence-corrected chi connectivity index (χ3v) is 5.08. The van der Waals surface area contributed by atoms with E-state index in [2.05, 4.69) is 6.07 Å². The van der Waals surface area contributed by atoms with E-state index in [4.69, 9.17) is 0 Å². The van der Waals surface area contributed by atoms with Crippen LogP contribution in [0.4, 0.5) is 11.4 Å². The zero-order chi connectivity index (χ0) is 17.2.